The molecule has 0 saturated heterocycles. The van der Waals surface area contributed by atoms with Gasteiger partial charge in [0.1, 0.15) is 12.6 Å². The Morgan fingerprint density at radius 2 is 1.49 bits per heavy atom. The molecule has 0 aromatic heterocycles. The normalized spacial score (nSPS) is 11.9. The largest absolute Gasteiger partial charge is 0.357 e. The molecule has 0 fully saturated rings. The molecule has 1 atom stereocenters. The van der Waals surface area contributed by atoms with Gasteiger partial charge in [0.15, 0.2) is 0 Å². The highest BCUT2D eigenvalue weighted by atomic mass is 79.9. The van der Waals surface area contributed by atoms with Crippen molar-refractivity contribution in [1.29, 1.82) is 0 Å². The number of aryl methyl sites for hydroxylation is 1. The maximum atomic E-state index is 14.3. The first kappa shape index (κ1) is 32.5. The van der Waals surface area contributed by atoms with E-state index in [1.54, 1.807) is 12.1 Å². The number of hydrogen-bond donors (Lipinski definition) is 1. The van der Waals surface area contributed by atoms with E-state index in [0.29, 0.717) is 0 Å². The van der Waals surface area contributed by atoms with Crippen LogP contribution in [0.15, 0.2) is 106 Å². The first-order valence-electron chi connectivity index (χ1n) is 13.3. The van der Waals surface area contributed by atoms with E-state index in [-0.39, 0.29) is 39.5 Å². The molecule has 11 heteroatoms. The molecule has 0 bridgehead atoms. The van der Waals surface area contributed by atoms with Crippen molar-refractivity contribution < 1.29 is 18.0 Å². The van der Waals surface area contributed by atoms with Gasteiger partial charge < -0.3 is 10.2 Å². The van der Waals surface area contributed by atoms with Crippen LogP contribution in [-0.2, 0) is 32.6 Å². The molecule has 7 nitrogen and oxygen atoms in total. The van der Waals surface area contributed by atoms with Crippen LogP contribution >= 0.6 is 39.1 Å². The molecule has 0 aliphatic carbocycles. The lowest BCUT2D eigenvalue weighted by molar-refractivity contribution is -0.139. The predicted octanol–water partition coefficient (Wildman–Crippen LogP) is 6.65. The summed E-state index contributed by atoms with van der Waals surface area (Å²) < 4.78 is 29.9. The zero-order valence-corrected chi connectivity index (χ0v) is 27.4. The van der Waals surface area contributed by atoms with Gasteiger partial charge in [-0.25, -0.2) is 8.42 Å². The second-order valence-corrected chi connectivity index (χ2v) is 13.6. The summed E-state index contributed by atoms with van der Waals surface area (Å²) in [4.78, 5) is 29.1. The molecule has 0 heterocycles. The van der Waals surface area contributed by atoms with E-state index in [4.69, 9.17) is 23.2 Å². The first-order chi connectivity index (χ1) is 20.5. The molecule has 4 rings (SSSR count). The topological polar surface area (TPSA) is 86.8 Å². The highest BCUT2D eigenvalue weighted by Crippen LogP contribution is 2.30. The standard InChI is InChI=1S/C32H30BrCl2N3O4S/c1-22-11-13-29(14-12-22)43(41,42)38(28-18-26(34)17-27(35)19-28)21-31(39)37(20-24-9-6-10-25(33)15-24)30(32(40)36-2)16-23-7-4-3-5-8-23/h3-15,17-19,30H,16,20-21H2,1-2H3,(H,36,40)/t30-/m1/s1. The molecule has 0 radical (unpaired) electrons. The van der Waals surface area contributed by atoms with Gasteiger partial charge in [0.25, 0.3) is 10.0 Å². The van der Waals surface area contributed by atoms with Crippen LogP contribution in [0.5, 0.6) is 0 Å². The third-order valence-corrected chi connectivity index (χ3v) is 9.50. The second-order valence-electron chi connectivity index (χ2n) is 9.92. The number of halogens is 3. The van der Waals surface area contributed by atoms with E-state index in [1.807, 2.05) is 61.5 Å². The summed E-state index contributed by atoms with van der Waals surface area (Å²) in [5, 5.41) is 3.08. The number of carbonyl (C=O) groups is 2. The lowest BCUT2D eigenvalue weighted by Gasteiger charge is -2.33. The molecule has 0 unspecified atom stereocenters. The van der Waals surface area contributed by atoms with Crippen molar-refractivity contribution in [2.24, 2.45) is 0 Å². The van der Waals surface area contributed by atoms with Gasteiger partial charge in [-0.15, -0.1) is 0 Å². The van der Waals surface area contributed by atoms with E-state index >= 15 is 0 Å². The van der Waals surface area contributed by atoms with E-state index < -0.39 is 28.5 Å². The minimum absolute atomic E-state index is 0.00678. The molecular weight excluding hydrogens is 673 g/mol. The van der Waals surface area contributed by atoms with Gasteiger partial charge in [-0.05, 0) is 60.5 Å². The average Bonchev–Trinajstić information content (AvgIpc) is 2.97. The maximum absolute atomic E-state index is 14.3. The van der Waals surface area contributed by atoms with E-state index in [0.717, 1.165) is 25.5 Å². The molecule has 0 spiro atoms. The van der Waals surface area contributed by atoms with Gasteiger partial charge in [0.05, 0.1) is 10.6 Å². The van der Waals surface area contributed by atoms with Crippen molar-refractivity contribution in [2.45, 2.75) is 30.8 Å². The summed E-state index contributed by atoms with van der Waals surface area (Å²) in [6, 6.07) is 26.4. The van der Waals surface area contributed by atoms with Crippen molar-refractivity contribution in [1.82, 2.24) is 10.2 Å². The fourth-order valence-electron chi connectivity index (χ4n) is 4.60. The van der Waals surface area contributed by atoms with Crippen LogP contribution in [0, 0.1) is 6.92 Å². The molecule has 1 N–H and O–H groups in total. The number of likely N-dealkylation sites (N-methyl/N-ethyl adjacent to an activating group) is 1. The number of sulfonamides is 1. The minimum atomic E-state index is -4.26. The van der Waals surface area contributed by atoms with E-state index in [1.165, 1.54) is 42.3 Å². The van der Waals surface area contributed by atoms with Gasteiger partial charge in [-0.1, -0.05) is 99.3 Å². The zero-order valence-electron chi connectivity index (χ0n) is 23.5. The molecule has 224 valence electrons. The summed E-state index contributed by atoms with van der Waals surface area (Å²) in [6.45, 7) is 1.29. The minimum Gasteiger partial charge on any atom is -0.357 e. The van der Waals surface area contributed by atoms with Gasteiger partial charge in [-0.3, -0.25) is 13.9 Å². The fourth-order valence-corrected chi connectivity index (χ4v) is 6.96. The third kappa shape index (κ3) is 8.38. The summed E-state index contributed by atoms with van der Waals surface area (Å²) in [7, 11) is -2.76. The third-order valence-electron chi connectivity index (χ3n) is 6.78. The number of nitrogens with zero attached hydrogens (tertiary/aromatic N) is 2. The van der Waals surface area contributed by atoms with Gasteiger partial charge in [0.2, 0.25) is 11.8 Å². The summed E-state index contributed by atoms with van der Waals surface area (Å²) in [6.07, 6.45) is 0.216. The monoisotopic (exact) mass is 701 g/mol. The molecule has 2 amide bonds. The molecular formula is C32H30BrCl2N3O4S. The molecule has 0 aliphatic rings. The highest BCUT2D eigenvalue weighted by Gasteiger charge is 2.34. The van der Waals surface area contributed by atoms with Crippen molar-refractivity contribution in [3.8, 4) is 0 Å². The van der Waals surface area contributed by atoms with Crippen molar-refractivity contribution in [2.75, 3.05) is 17.9 Å². The maximum Gasteiger partial charge on any atom is 0.264 e. The molecule has 0 saturated carbocycles. The van der Waals surface area contributed by atoms with Crippen LogP contribution in [-0.4, -0.2) is 44.8 Å². The summed E-state index contributed by atoms with van der Waals surface area (Å²) >= 11 is 16.0. The van der Waals surface area contributed by atoms with Crippen LogP contribution < -0.4 is 9.62 Å². The van der Waals surface area contributed by atoms with Crippen molar-refractivity contribution in [3.05, 3.63) is 128 Å². The van der Waals surface area contributed by atoms with Crippen LogP contribution in [0.25, 0.3) is 0 Å². The average molecular weight is 703 g/mol. The highest BCUT2D eigenvalue weighted by molar-refractivity contribution is 9.10. The molecule has 4 aromatic carbocycles. The Morgan fingerprint density at radius 1 is 0.860 bits per heavy atom. The summed E-state index contributed by atoms with van der Waals surface area (Å²) in [5.41, 5.74) is 2.59. The van der Waals surface area contributed by atoms with Crippen LogP contribution in [0.3, 0.4) is 0 Å². The fraction of sp³-hybridized carbons (Fsp3) is 0.188. The lowest BCUT2D eigenvalue weighted by atomic mass is 10.0. The number of carbonyl (C=O) groups excluding carboxylic acids is 2. The van der Waals surface area contributed by atoms with Crippen LogP contribution in [0.2, 0.25) is 10.0 Å². The van der Waals surface area contributed by atoms with Gasteiger partial charge in [0, 0.05) is 34.5 Å². The number of nitrogens with one attached hydrogen (secondary N) is 1. The molecule has 4 aromatic rings. The Morgan fingerprint density at radius 3 is 2.09 bits per heavy atom. The Kier molecular flexibility index (Phi) is 10.9. The van der Waals surface area contributed by atoms with Gasteiger partial charge in [-0.2, -0.15) is 0 Å². The van der Waals surface area contributed by atoms with Crippen LogP contribution in [0.1, 0.15) is 16.7 Å². The Hall–Kier alpha value is -3.37. The first-order valence-corrected chi connectivity index (χ1v) is 16.3. The number of amides is 2. The predicted molar refractivity (Wildman–Crippen MR) is 175 cm³/mol. The Bertz CT molecular complexity index is 1680. The number of anilines is 1. The molecule has 43 heavy (non-hydrogen) atoms. The second kappa shape index (κ2) is 14.4. The van der Waals surface area contributed by atoms with Crippen molar-refractivity contribution in [3.63, 3.8) is 0 Å². The van der Waals surface area contributed by atoms with E-state index in [2.05, 4.69) is 21.2 Å². The molecule has 0 aliphatic heterocycles. The van der Waals surface area contributed by atoms with Crippen molar-refractivity contribution >= 4 is 66.7 Å². The van der Waals surface area contributed by atoms with E-state index in [9.17, 15) is 18.0 Å². The quantitative estimate of drug-likeness (QED) is 0.190. The Balaban J connectivity index is 1.81. The lowest BCUT2D eigenvalue weighted by Crippen LogP contribution is -2.53. The SMILES string of the molecule is CNC(=O)[C@@H](Cc1ccccc1)N(Cc1cccc(Br)c1)C(=O)CN(c1cc(Cl)cc(Cl)c1)S(=O)(=O)c1ccc(C)cc1. The Labute approximate surface area is 270 Å². The number of benzene rings is 4. The smallest absolute Gasteiger partial charge is 0.264 e. The zero-order chi connectivity index (χ0) is 31.1. The number of rotatable bonds is 11. The van der Waals surface area contributed by atoms with Gasteiger partial charge >= 0.3 is 0 Å². The van der Waals surface area contributed by atoms with Crippen LogP contribution in [0.4, 0.5) is 5.69 Å². The number of hydrogen-bond acceptors (Lipinski definition) is 4. The summed E-state index contributed by atoms with van der Waals surface area (Å²) in [5.74, 6) is -0.970.